The molecule has 0 saturated heterocycles. The lowest BCUT2D eigenvalue weighted by molar-refractivity contribution is 0.185. The summed E-state index contributed by atoms with van der Waals surface area (Å²) in [6.07, 6.45) is 1.13. The van der Waals surface area contributed by atoms with Gasteiger partial charge in [0.15, 0.2) is 0 Å². The highest BCUT2D eigenvalue weighted by atomic mass is 32.2. The SMILES string of the molecule is CCN(C(=O)n1cnc(S(=O)(=O)CC)n1)C(C)C. The molecule has 1 rings (SSSR count). The summed E-state index contributed by atoms with van der Waals surface area (Å²) in [5.41, 5.74) is 0. The Labute approximate surface area is 107 Å². The predicted molar refractivity (Wildman–Crippen MR) is 66.1 cm³/mol. The third kappa shape index (κ3) is 2.87. The Hall–Kier alpha value is -1.44. The molecule has 0 aliphatic rings. The van der Waals surface area contributed by atoms with Gasteiger partial charge >= 0.3 is 6.03 Å². The van der Waals surface area contributed by atoms with Crippen LogP contribution < -0.4 is 0 Å². The fraction of sp³-hybridized carbons (Fsp3) is 0.700. The van der Waals surface area contributed by atoms with E-state index in [9.17, 15) is 13.2 Å². The average molecular weight is 274 g/mol. The monoisotopic (exact) mass is 274 g/mol. The Bertz CT molecular complexity index is 521. The van der Waals surface area contributed by atoms with Crippen LogP contribution in [-0.4, -0.2) is 52.5 Å². The summed E-state index contributed by atoms with van der Waals surface area (Å²) in [7, 11) is -3.48. The molecular formula is C10H18N4O3S. The van der Waals surface area contributed by atoms with E-state index in [-0.39, 0.29) is 23.0 Å². The van der Waals surface area contributed by atoms with Gasteiger partial charge in [-0.2, -0.15) is 4.68 Å². The van der Waals surface area contributed by atoms with E-state index in [1.807, 2.05) is 20.8 Å². The van der Waals surface area contributed by atoms with E-state index in [2.05, 4.69) is 10.1 Å². The minimum absolute atomic E-state index is 0.0120. The fourth-order valence-corrected chi connectivity index (χ4v) is 2.14. The Balaban J connectivity index is 3.03. The van der Waals surface area contributed by atoms with Crippen molar-refractivity contribution < 1.29 is 13.2 Å². The molecule has 1 aromatic rings. The van der Waals surface area contributed by atoms with Crippen LogP contribution in [-0.2, 0) is 9.84 Å². The molecule has 0 saturated carbocycles. The van der Waals surface area contributed by atoms with E-state index in [1.165, 1.54) is 6.92 Å². The number of sulfone groups is 1. The highest BCUT2D eigenvalue weighted by Crippen LogP contribution is 2.06. The van der Waals surface area contributed by atoms with Crippen LogP contribution >= 0.6 is 0 Å². The lowest BCUT2D eigenvalue weighted by atomic mass is 10.3. The first-order valence-electron chi connectivity index (χ1n) is 5.78. The van der Waals surface area contributed by atoms with E-state index >= 15 is 0 Å². The summed E-state index contributed by atoms with van der Waals surface area (Å²) in [4.78, 5) is 17.3. The van der Waals surface area contributed by atoms with Crippen LogP contribution in [0.15, 0.2) is 11.5 Å². The number of rotatable bonds is 4. The minimum Gasteiger partial charge on any atom is -0.321 e. The van der Waals surface area contributed by atoms with Crippen molar-refractivity contribution in [2.45, 2.75) is 38.9 Å². The second kappa shape index (κ2) is 5.47. The van der Waals surface area contributed by atoms with E-state index < -0.39 is 9.84 Å². The molecule has 1 aromatic heterocycles. The van der Waals surface area contributed by atoms with Gasteiger partial charge in [-0.15, -0.1) is 5.10 Å². The minimum atomic E-state index is -3.48. The molecule has 1 heterocycles. The maximum absolute atomic E-state index is 12.0. The van der Waals surface area contributed by atoms with E-state index in [0.29, 0.717) is 6.54 Å². The van der Waals surface area contributed by atoms with Crippen LogP contribution in [0.3, 0.4) is 0 Å². The first-order valence-corrected chi connectivity index (χ1v) is 7.44. The molecule has 0 N–H and O–H groups in total. The number of carbonyl (C=O) groups excluding carboxylic acids is 1. The van der Waals surface area contributed by atoms with Crippen LogP contribution in [0.25, 0.3) is 0 Å². The second-order valence-electron chi connectivity index (χ2n) is 4.04. The standard InChI is InChI=1S/C10H18N4O3S/c1-5-13(8(3)4)10(15)14-7-11-9(12-14)18(16,17)6-2/h7-8H,5-6H2,1-4H3. The molecule has 0 unspecified atom stereocenters. The highest BCUT2D eigenvalue weighted by molar-refractivity contribution is 7.91. The summed E-state index contributed by atoms with van der Waals surface area (Å²) in [5, 5.41) is 3.42. The Morgan fingerprint density at radius 1 is 1.44 bits per heavy atom. The summed E-state index contributed by atoms with van der Waals surface area (Å²) < 4.78 is 24.1. The fourth-order valence-electron chi connectivity index (χ4n) is 1.46. The summed E-state index contributed by atoms with van der Waals surface area (Å²) in [6.45, 7) is 7.62. The number of amides is 1. The molecule has 0 aliphatic carbocycles. The molecule has 0 aromatic carbocycles. The van der Waals surface area contributed by atoms with Crippen LogP contribution in [0.2, 0.25) is 0 Å². The summed E-state index contributed by atoms with van der Waals surface area (Å²) in [5.74, 6) is -0.0904. The van der Waals surface area contributed by atoms with E-state index in [4.69, 9.17) is 0 Å². The zero-order valence-electron chi connectivity index (χ0n) is 11.0. The van der Waals surface area contributed by atoms with Crippen molar-refractivity contribution in [3.8, 4) is 0 Å². The predicted octanol–water partition coefficient (Wildman–Crippen LogP) is 0.770. The molecule has 18 heavy (non-hydrogen) atoms. The number of nitrogens with zero attached hydrogens (tertiary/aromatic N) is 4. The average Bonchev–Trinajstić information content (AvgIpc) is 2.79. The molecule has 0 atom stereocenters. The molecule has 7 nitrogen and oxygen atoms in total. The second-order valence-corrected chi connectivity index (χ2v) is 6.21. The first-order chi connectivity index (χ1) is 8.33. The van der Waals surface area contributed by atoms with Gasteiger partial charge in [0, 0.05) is 12.6 Å². The third-order valence-electron chi connectivity index (χ3n) is 2.53. The topological polar surface area (TPSA) is 85.2 Å². The lowest BCUT2D eigenvalue weighted by Crippen LogP contribution is -2.39. The number of aromatic nitrogens is 3. The van der Waals surface area contributed by atoms with Crippen molar-refractivity contribution >= 4 is 15.9 Å². The maximum Gasteiger partial charge on any atom is 0.346 e. The van der Waals surface area contributed by atoms with Gasteiger partial charge in [0.05, 0.1) is 5.75 Å². The van der Waals surface area contributed by atoms with Crippen LogP contribution in [0, 0.1) is 0 Å². The number of hydrogen-bond donors (Lipinski definition) is 0. The molecule has 0 radical (unpaired) electrons. The molecule has 0 fully saturated rings. The van der Waals surface area contributed by atoms with Gasteiger partial charge in [0.2, 0.25) is 9.84 Å². The molecule has 8 heteroatoms. The van der Waals surface area contributed by atoms with E-state index in [0.717, 1.165) is 11.0 Å². The summed E-state index contributed by atoms with van der Waals surface area (Å²) >= 11 is 0. The van der Waals surface area contributed by atoms with E-state index in [1.54, 1.807) is 4.90 Å². The van der Waals surface area contributed by atoms with Crippen molar-refractivity contribution in [1.82, 2.24) is 19.7 Å². The van der Waals surface area contributed by atoms with Gasteiger partial charge in [-0.3, -0.25) is 0 Å². The molecule has 0 aliphatic heterocycles. The Morgan fingerprint density at radius 2 is 2.06 bits per heavy atom. The summed E-state index contributed by atoms with van der Waals surface area (Å²) in [6, 6.07) is -0.365. The number of carbonyl (C=O) groups is 1. The van der Waals surface area contributed by atoms with Crippen LogP contribution in [0.5, 0.6) is 0 Å². The molecular weight excluding hydrogens is 256 g/mol. The molecule has 1 amide bonds. The molecule has 0 spiro atoms. The first kappa shape index (κ1) is 14.6. The Morgan fingerprint density at radius 3 is 2.50 bits per heavy atom. The Kier molecular flexibility index (Phi) is 4.44. The lowest BCUT2D eigenvalue weighted by Gasteiger charge is -2.24. The van der Waals surface area contributed by atoms with Gasteiger partial charge < -0.3 is 4.90 Å². The highest BCUT2D eigenvalue weighted by Gasteiger charge is 2.22. The van der Waals surface area contributed by atoms with Crippen molar-refractivity contribution in [1.29, 1.82) is 0 Å². The normalized spacial score (nSPS) is 11.8. The van der Waals surface area contributed by atoms with Gasteiger partial charge in [-0.1, -0.05) is 6.92 Å². The van der Waals surface area contributed by atoms with Crippen LogP contribution in [0.4, 0.5) is 4.79 Å². The zero-order valence-corrected chi connectivity index (χ0v) is 11.8. The number of hydrogen-bond acceptors (Lipinski definition) is 5. The molecule has 102 valence electrons. The van der Waals surface area contributed by atoms with Gasteiger partial charge in [-0.05, 0) is 20.8 Å². The quantitative estimate of drug-likeness (QED) is 0.809. The van der Waals surface area contributed by atoms with Crippen LogP contribution in [0.1, 0.15) is 27.7 Å². The van der Waals surface area contributed by atoms with Crippen molar-refractivity contribution in [3.63, 3.8) is 0 Å². The van der Waals surface area contributed by atoms with Crippen molar-refractivity contribution in [2.24, 2.45) is 0 Å². The van der Waals surface area contributed by atoms with Crippen molar-refractivity contribution in [2.75, 3.05) is 12.3 Å². The van der Waals surface area contributed by atoms with Crippen molar-refractivity contribution in [3.05, 3.63) is 6.33 Å². The largest absolute Gasteiger partial charge is 0.346 e. The molecule has 0 bridgehead atoms. The maximum atomic E-state index is 12.0. The smallest absolute Gasteiger partial charge is 0.321 e. The van der Waals surface area contributed by atoms with Gasteiger partial charge in [-0.25, -0.2) is 18.2 Å². The third-order valence-corrected chi connectivity index (χ3v) is 4.04. The zero-order chi connectivity index (χ0) is 13.9. The van der Waals surface area contributed by atoms with Gasteiger partial charge in [0.1, 0.15) is 6.33 Å². The van der Waals surface area contributed by atoms with Gasteiger partial charge in [0.25, 0.3) is 5.16 Å².